The van der Waals surface area contributed by atoms with Gasteiger partial charge in [0.1, 0.15) is 11.5 Å². The number of nitrogens with one attached hydrogen (secondary N) is 1. The Hall–Kier alpha value is -0.550. The molecule has 2 nitrogen and oxygen atoms in total. The standard InChI is InChI=1S/C15H23F2NOS/c1-2-11-3-5-12(6-4-11)18-9-13-7-8-14(19-13)10-20-15(16)17/h7-8,11-12,15,18H,2-6,9-10H2,1H3. The molecule has 5 heteroatoms. The molecule has 0 atom stereocenters. The summed E-state index contributed by atoms with van der Waals surface area (Å²) in [5.74, 6) is 0.263. The van der Waals surface area contributed by atoms with Crippen LogP contribution >= 0.6 is 11.8 Å². The van der Waals surface area contributed by atoms with Crippen molar-refractivity contribution in [2.24, 2.45) is 5.92 Å². The molecule has 0 spiro atoms. The summed E-state index contributed by atoms with van der Waals surface area (Å²) in [5.41, 5.74) is 0. The second-order valence-electron chi connectivity index (χ2n) is 5.45. The first-order valence-corrected chi connectivity index (χ1v) is 8.43. The normalized spacial score (nSPS) is 23.4. The number of furan rings is 1. The Kier molecular flexibility index (Phi) is 6.36. The maximum absolute atomic E-state index is 12.1. The molecule has 20 heavy (non-hydrogen) atoms. The summed E-state index contributed by atoms with van der Waals surface area (Å²) in [6.45, 7) is 2.96. The second-order valence-corrected chi connectivity index (χ2v) is 6.42. The first-order chi connectivity index (χ1) is 9.67. The van der Waals surface area contributed by atoms with Crippen molar-refractivity contribution >= 4 is 11.8 Å². The third-order valence-corrected chi connectivity index (χ3v) is 4.76. The van der Waals surface area contributed by atoms with Crippen molar-refractivity contribution in [1.82, 2.24) is 5.32 Å². The predicted octanol–water partition coefficient (Wildman–Crippen LogP) is 4.79. The number of halogens is 2. The van der Waals surface area contributed by atoms with Gasteiger partial charge in [-0.05, 0) is 43.7 Å². The Morgan fingerprint density at radius 3 is 2.60 bits per heavy atom. The van der Waals surface area contributed by atoms with Crippen molar-refractivity contribution in [3.63, 3.8) is 0 Å². The summed E-state index contributed by atoms with van der Waals surface area (Å²) in [6, 6.07) is 4.24. The lowest BCUT2D eigenvalue weighted by Crippen LogP contribution is -2.32. The van der Waals surface area contributed by atoms with Crippen LogP contribution in [0.1, 0.15) is 50.5 Å². The van der Waals surface area contributed by atoms with Gasteiger partial charge in [-0.15, -0.1) is 0 Å². The van der Waals surface area contributed by atoms with E-state index in [4.69, 9.17) is 4.42 Å². The van der Waals surface area contributed by atoms with Gasteiger partial charge in [0.05, 0.1) is 12.3 Å². The van der Waals surface area contributed by atoms with Gasteiger partial charge in [-0.2, -0.15) is 8.78 Å². The molecule has 0 aromatic carbocycles. The zero-order valence-electron chi connectivity index (χ0n) is 11.9. The molecule has 0 radical (unpaired) electrons. The quantitative estimate of drug-likeness (QED) is 0.783. The van der Waals surface area contributed by atoms with Gasteiger partial charge in [0.2, 0.25) is 0 Å². The molecule has 1 fully saturated rings. The van der Waals surface area contributed by atoms with E-state index in [9.17, 15) is 8.78 Å². The third-order valence-electron chi connectivity index (χ3n) is 4.06. The van der Waals surface area contributed by atoms with E-state index in [0.29, 0.717) is 30.1 Å². The SMILES string of the molecule is CCC1CCC(NCc2ccc(CSC(F)F)o2)CC1. The summed E-state index contributed by atoms with van der Waals surface area (Å²) < 4.78 is 29.7. The van der Waals surface area contributed by atoms with E-state index in [0.717, 1.165) is 11.7 Å². The molecule has 0 saturated heterocycles. The van der Waals surface area contributed by atoms with E-state index in [1.807, 2.05) is 6.07 Å². The topological polar surface area (TPSA) is 25.2 Å². The zero-order chi connectivity index (χ0) is 14.4. The highest BCUT2D eigenvalue weighted by Gasteiger charge is 2.19. The van der Waals surface area contributed by atoms with E-state index >= 15 is 0 Å². The molecule has 1 heterocycles. The molecule has 1 aromatic heterocycles. The monoisotopic (exact) mass is 303 g/mol. The van der Waals surface area contributed by atoms with Crippen LogP contribution in [0.4, 0.5) is 8.78 Å². The minimum absolute atomic E-state index is 0.235. The molecule has 0 bridgehead atoms. The summed E-state index contributed by atoms with van der Waals surface area (Å²) in [4.78, 5) is 0. The molecule has 1 aliphatic rings. The minimum atomic E-state index is -2.34. The predicted molar refractivity (Wildman–Crippen MR) is 78.9 cm³/mol. The number of rotatable bonds is 7. The minimum Gasteiger partial charge on any atom is -0.464 e. The Labute approximate surface area is 123 Å². The highest BCUT2D eigenvalue weighted by molar-refractivity contribution is 7.98. The van der Waals surface area contributed by atoms with Crippen molar-refractivity contribution in [3.8, 4) is 0 Å². The van der Waals surface area contributed by atoms with Gasteiger partial charge in [0.15, 0.2) is 0 Å². The van der Waals surface area contributed by atoms with Gasteiger partial charge in [-0.25, -0.2) is 0 Å². The fraction of sp³-hybridized carbons (Fsp3) is 0.733. The lowest BCUT2D eigenvalue weighted by molar-refractivity contribution is 0.251. The first-order valence-electron chi connectivity index (χ1n) is 7.38. The number of hydrogen-bond donors (Lipinski definition) is 1. The van der Waals surface area contributed by atoms with E-state index in [-0.39, 0.29) is 5.75 Å². The van der Waals surface area contributed by atoms with Gasteiger partial charge in [0, 0.05) is 6.04 Å². The maximum Gasteiger partial charge on any atom is 0.284 e. The van der Waals surface area contributed by atoms with Crippen LogP contribution in [0.5, 0.6) is 0 Å². The third kappa shape index (κ3) is 5.09. The molecular weight excluding hydrogens is 280 g/mol. The number of thioether (sulfide) groups is 1. The fourth-order valence-corrected chi connectivity index (χ4v) is 3.21. The molecular formula is C15H23F2NOS. The summed E-state index contributed by atoms with van der Waals surface area (Å²) >= 11 is 0.599. The van der Waals surface area contributed by atoms with E-state index in [1.165, 1.54) is 32.1 Å². The van der Waals surface area contributed by atoms with E-state index in [1.54, 1.807) is 6.07 Å². The Morgan fingerprint density at radius 2 is 1.95 bits per heavy atom. The lowest BCUT2D eigenvalue weighted by Gasteiger charge is -2.28. The largest absolute Gasteiger partial charge is 0.464 e. The van der Waals surface area contributed by atoms with Gasteiger partial charge in [0.25, 0.3) is 5.76 Å². The highest BCUT2D eigenvalue weighted by atomic mass is 32.2. The number of alkyl halides is 2. The van der Waals surface area contributed by atoms with E-state index in [2.05, 4.69) is 12.2 Å². The van der Waals surface area contributed by atoms with E-state index < -0.39 is 5.76 Å². The molecule has 114 valence electrons. The van der Waals surface area contributed by atoms with Crippen molar-refractivity contribution in [2.75, 3.05) is 0 Å². The van der Waals surface area contributed by atoms with Crippen LogP contribution in [0.3, 0.4) is 0 Å². The Morgan fingerprint density at radius 1 is 1.25 bits per heavy atom. The highest BCUT2D eigenvalue weighted by Crippen LogP contribution is 2.27. The maximum atomic E-state index is 12.1. The lowest BCUT2D eigenvalue weighted by atomic mass is 9.84. The van der Waals surface area contributed by atoms with Crippen molar-refractivity contribution in [1.29, 1.82) is 0 Å². The van der Waals surface area contributed by atoms with Crippen LogP contribution in [0.15, 0.2) is 16.5 Å². The van der Waals surface area contributed by atoms with Crippen molar-refractivity contribution in [3.05, 3.63) is 23.7 Å². The van der Waals surface area contributed by atoms with Crippen LogP contribution in [-0.2, 0) is 12.3 Å². The van der Waals surface area contributed by atoms with Crippen LogP contribution < -0.4 is 5.32 Å². The molecule has 1 saturated carbocycles. The van der Waals surface area contributed by atoms with Gasteiger partial charge in [-0.3, -0.25) is 0 Å². The Balaban J connectivity index is 1.69. The second kappa shape index (κ2) is 8.03. The van der Waals surface area contributed by atoms with Crippen LogP contribution in [0.2, 0.25) is 0 Å². The van der Waals surface area contributed by atoms with Crippen LogP contribution in [0, 0.1) is 5.92 Å². The summed E-state index contributed by atoms with van der Waals surface area (Å²) in [6.07, 6.45) is 6.36. The van der Waals surface area contributed by atoms with Gasteiger partial charge >= 0.3 is 0 Å². The molecule has 0 aliphatic heterocycles. The molecule has 2 rings (SSSR count). The smallest absolute Gasteiger partial charge is 0.284 e. The van der Waals surface area contributed by atoms with Crippen LogP contribution in [0.25, 0.3) is 0 Å². The van der Waals surface area contributed by atoms with Gasteiger partial charge < -0.3 is 9.73 Å². The Bertz CT molecular complexity index is 389. The van der Waals surface area contributed by atoms with Crippen molar-refractivity contribution in [2.45, 2.75) is 63.1 Å². The molecule has 0 unspecified atom stereocenters. The molecule has 1 aromatic rings. The molecule has 1 aliphatic carbocycles. The number of hydrogen-bond acceptors (Lipinski definition) is 3. The average molecular weight is 303 g/mol. The zero-order valence-corrected chi connectivity index (χ0v) is 12.7. The van der Waals surface area contributed by atoms with Gasteiger partial charge in [-0.1, -0.05) is 25.1 Å². The van der Waals surface area contributed by atoms with Crippen molar-refractivity contribution < 1.29 is 13.2 Å². The first kappa shape index (κ1) is 15.8. The average Bonchev–Trinajstić information content (AvgIpc) is 2.91. The van der Waals surface area contributed by atoms with Crippen LogP contribution in [-0.4, -0.2) is 11.8 Å². The molecule has 0 amide bonds. The summed E-state index contributed by atoms with van der Waals surface area (Å²) in [7, 11) is 0. The summed E-state index contributed by atoms with van der Waals surface area (Å²) in [5, 5.41) is 3.51. The fourth-order valence-electron chi connectivity index (χ4n) is 2.76. The molecule has 1 N–H and O–H groups in total.